The van der Waals surface area contributed by atoms with Crippen LogP contribution in [0.15, 0.2) is 54.1 Å². The number of amides is 2. The normalized spacial score (nSPS) is 13.7. The van der Waals surface area contributed by atoms with Crippen LogP contribution >= 0.6 is 0 Å². The van der Waals surface area contributed by atoms with Crippen LogP contribution < -0.4 is 10.1 Å². The molecular weight excluding hydrogens is 366 g/mol. The van der Waals surface area contributed by atoms with Gasteiger partial charge in [0.25, 0.3) is 11.8 Å². The van der Waals surface area contributed by atoms with Crippen LogP contribution in [0.25, 0.3) is 6.08 Å². The zero-order valence-electron chi connectivity index (χ0n) is 16.4. The minimum Gasteiger partial charge on any atom is -0.483 e. The maximum Gasteiger partial charge on any atom is 0.266 e. The van der Waals surface area contributed by atoms with E-state index in [-0.39, 0.29) is 18.1 Å². The minimum atomic E-state index is -0.501. The lowest BCUT2D eigenvalue weighted by Crippen LogP contribution is -2.32. The fourth-order valence-electron chi connectivity index (χ4n) is 3.07. The molecule has 0 unspecified atom stereocenters. The van der Waals surface area contributed by atoms with Crippen LogP contribution in [0.2, 0.25) is 0 Å². The van der Waals surface area contributed by atoms with Gasteiger partial charge in [-0.2, -0.15) is 5.26 Å². The van der Waals surface area contributed by atoms with Crippen molar-refractivity contribution in [1.82, 2.24) is 4.90 Å². The highest BCUT2D eigenvalue weighted by Gasteiger charge is 2.18. The Morgan fingerprint density at radius 2 is 1.83 bits per heavy atom. The molecule has 1 saturated heterocycles. The summed E-state index contributed by atoms with van der Waals surface area (Å²) in [6.07, 6.45) is 3.51. The smallest absolute Gasteiger partial charge is 0.266 e. The highest BCUT2D eigenvalue weighted by Crippen LogP contribution is 2.22. The first-order chi connectivity index (χ1) is 14.1. The Bertz CT molecular complexity index is 952. The van der Waals surface area contributed by atoms with Crippen LogP contribution in [0, 0.1) is 18.3 Å². The van der Waals surface area contributed by atoms with E-state index in [0.717, 1.165) is 31.5 Å². The van der Waals surface area contributed by atoms with E-state index in [4.69, 9.17) is 4.74 Å². The number of anilines is 1. The molecule has 0 radical (unpaired) electrons. The van der Waals surface area contributed by atoms with Crippen LogP contribution in [-0.2, 0) is 9.59 Å². The summed E-state index contributed by atoms with van der Waals surface area (Å²) in [7, 11) is 0. The predicted octanol–water partition coefficient (Wildman–Crippen LogP) is 3.54. The molecule has 0 bridgehead atoms. The Kier molecular flexibility index (Phi) is 6.64. The molecule has 1 heterocycles. The topological polar surface area (TPSA) is 82.4 Å². The lowest BCUT2D eigenvalue weighted by atomic mass is 10.1. The van der Waals surface area contributed by atoms with Gasteiger partial charge in [-0.15, -0.1) is 0 Å². The van der Waals surface area contributed by atoms with Gasteiger partial charge in [-0.3, -0.25) is 9.59 Å². The molecule has 148 valence electrons. The Morgan fingerprint density at radius 3 is 2.52 bits per heavy atom. The van der Waals surface area contributed by atoms with E-state index in [1.54, 1.807) is 41.3 Å². The van der Waals surface area contributed by atoms with Crippen LogP contribution in [-0.4, -0.2) is 36.4 Å². The summed E-state index contributed by atoms with van der Waals surface area (Å²) in [6.45, 7) is 3.42. The number of carbonyl (C=O) groups excluding carboxylic acids is 2. The fraction of sp³-hybridized carbons (Fsp3) is 0.261. The van der Waals surface area contributed by atoms with Crippen molar-refractivity contribution in [3.63, 3.8) is 0 Å². The molecule has 6 heteroatoms. The molecule has 1 aliphatic rings. The van der Waals surface area contributed by atoms with E-state index in [9.17, 15) is 14.9 Å². The van der Waals surface area contributed by atoms with Crippen molar-refractivity contribution in [2.45, 2.75) is 19.8 Å². The molecule has 1 N–H and O–H groups in total. The number of nitrogens with one attached hydrogen (secondary N) is 1. The zero-order chi connectivity index (χ0) is 20.6. The monoisotopic (exact) mass is 389 g/mol. The second-order valence-electron chi connectivity index (χ2n) is 6.90. The van der Waals surface area contributed by atoms with Gasteiger partial charge in [0.2, 0.25) is 0 Å². The summed E-state index contributed by atoms with van der Waals surface area (Å²) in [5.74, 6) is -0.103. The standard InChI is InChI=1S/C23H23N3O3/c1-17-8-10-20(11-9-17)25-23(28)19(15-24)14-18-6-2-3-7-21(18)29-16-22(27)26-12-4-5-13-26/h2-3,6-11,14H,4-5,12-13,16H2,1H3,(H,25,28)/b19-14+. The Morgan fingerprint density at radius 1 is 1.14 bits per heavy atom. The molecule has 0 aliphatic carbocycles. The van der Waals surface area contributed by atoms with Crippen molar-refractivity contribution in [3.05, 3.63) is 65.2 Å². The van der Waals surface area contributed by atoms with Crippen molar-refractivity contribution in [3.8, 4) is 11.8 Å². The summed E-state index contributed by atoms with van der Waals surface area (Å²) in [4.78, 5) is 26.5. The number of rotatable bonds is 6. The van der Waals surface area contributed by atoms with E-state index < -0.39 is 5.91 Å². The van der Waals surface area contributed by atoms with Gasteiger partial charge in [-0.05, 0) is 44.0 Å². The largest absolute Gasteiger partial charge is 0.483 e. The molecule has 1 fully saturated rings. The fourth-order valence-corrected chi connectivity index (χ4v) is 3.07. The average molecular weight is 389 g/mol. The summed E-state index contributed by atoms with van der Waals surface area (Å²) >= 11 is 0. The van der Waals surface area contributed by atoms with Crippen LogP contribution in [0.3, 0.4) is 0 Å². The Hall–Kier alpha value is -3.59. The van der Waals surface area contributed by atoms with Crippen LogP contribution in [0.4, 0.5) is 5.69 Å². The number of benzene rings is 2. The molecule has 1 aliphatic heterocycles. The predicted molar refractivity (Wildman–Crippen MR) is 111 cm³/mol. The third-order valence-electron chi connectivity index (χ3n) is 4.70. The minimum absolute atomic E-state index is 0.0486. The number of hydrogen-bond acceptors (Lipinski definition) is 4. The molecule has 2 aromatic carbocycles. The lowest BCUT2D eigenvalue weighted by Gasteiger charge is -2.16. The molecular formula is C23H23N3O3. The third-order valence-corrected chi connectivity index (χ3v) is 4.70. The molecule has 2 aromatic rings. The van der Waals surface area contributed by atoms with Crippen molar-refractivity contribution in [2.24, 2.45) is 0 Å². The highest BCUT2D eigenvalue weighted by molar-refractivity contribution is 6.09. The number of aryl methyl sites for hydroxylation is 1. The van der Waals surface area contributed by atoms with Crippen LogP contribution in [0.5, 0.6) is 5.75 Å². The molecule has 0 atom stereocenters. The van der Waals surface area contributed by atoms with Crippen molar-refractivity contribution < 1.29 is 14.3 Å². The number of carbonyl (C=O) groups is 2. The average Bonchev–Trinajstić information content (AvgIpc) is 3.27. The van der Waals surface area contributed by atoms with Gasteiger partial charge in [0.15, 0.2) is 6.61 Å². The molecule has 3 rings (SSSR count). The summed E-state index contributed by atoms with van der Waals surface area (Å²) in [5, 5.41) is 12.2. The number of nitriles is 1. The zero-order valence-corrected chi connectivity index (χ0v) is 16.4. The van der Waals surface area contributed by atoms with Gasteiger partial charge in [0.05, 0.1) is 0 Å². The number of para-hydroxylation sites is 1. The molecule has 0 aromatic heterocycles. The lowest BCUT2D eigenvalue weighted by molar-refractivity contribution is -0.132. The molecule has 2 amide bonds. The third kappa shape index (κ3) is 5.45. The number of hydrogen-bond donors (Lipinski definition) is 1. The number of likely N-dealkylation sites (tertiary alicyclic amines) is 1. The first-order valence-electron chi connectivity index (χ1n) is 9.56. The summed E-state index contributed by atoms with van der Waals surface area (Å²) in [6, 6.07) is 16.3. The van der Waals surface area contributed by atoms with E-state index in [1.165, 1.54) is 6.08 Å². The Labute approximate surface area is 170 Å². The van der Waals surface area contributed by atoms with Crippen molar-refractivity contribution >= 4 is 23.6 Å². The van der Waals surface area contributed by atoms with E-state index >= 15 is 0 Å². The van der Waals surface area contributed by atoms with Gasteiger partial charge in [-0.25, -0.2) is 0 Å². The summed E-state index contributed by atoms with van der Waals surface area (Å²) in [5.41, 5.74) is 2.21. The van der Waals surface area contributed by atoms with Crippen molar-refractivity contribution in [2.75, 3.05) is 25.0 Å². The first-order valence-corrected chi connectivity index (χ1v) is 9.56. The quantitative estimate of drug-likeness (QED) is 0.605. The SMILES string of the molecule is Cc1ccc(NC(=O)/C(C#N)=C/c2ccccc2OCC(=O)N2CCCC2)cc1. The van der Waals surface area contributed by atoms with E-state index in [1.807, 2.05) is 25.1 Å². The maximum absolute atomic E-state index is 12.5. The van der Waals surface area contributed by atoms with Crippen LogP contribution in [0.1, 0.15) is 24.0 Å². The van der Waals surface area contributed by atoms with Gasteiger partial charge in [0.1, 0.15) is 17.4 Å². The summed E-state index contributed by atoms with van der Waals surface area (Å²) < 4.78 is 5.69. The molecule has 0 saturated carbocycles. The first kappa shape index (κ1) is 20.2. The van der Waals surface area contributed by atoms with Gasteiger partial charge >= 0.3 is 0 Å². The van der Waals surface area contributed by atoms with Crippen molar-refractivity contribution in [1.29, 1.82) is 5.26 Å². The number of nitrogens with zero attached hydrogens (tertiary/aromatic N) is 2. The second-order valence-corrected chi connectivity index (χ2v) is 6.90. The van der Waals surface area contributed by atoms with Gasteiger partial charge < -0.3 is 15.0 Å². The van der Waals surface area contributed by atoms with Gasteiger partial charge in [-0.1, -0.05) is 35.9 Å². The molecule has 6 nitrogen and oxygen atoms in total. The highest BCUT2D eigenvalue weighted by atomic mass is 16.5. The molecule has 0 spiro atoms. The van der Waals surface area contributed by atoms with Gasteiger partial charge in [0, 0.05) is 24.3 Å². The number of ether oxygens (including phenoxy) is 1. The van der Waals surface area contributed by atoms with E-state index in [0.29, 0.717) is 17.0 Å². The molecule has 29 heavy (non-hydrogen) atoms. The van der Waals surface area contributed by atoms with E-state index in [2.05, 4.69) is 5.32 Å². The Balaban J connectivity index is 1.71. The maximum atomic E-state index is 12.5. The second kappa shape index (κ2) is 9.56.